The molecule has 0 nitrogen and oxygen atoms in total. The smallest absolute Gasteiger partial charge is 0.0190 e. The Labute approximate surface area is 96.6 Å². The Morgan fingerprint density at radius 2 is 1.38 bits per heavy atom. The van der Waals surface area contributed by atoms with Crippen LogP contribution in [0.4, 0.5) is 0 Å². The Morgan fingerprint density at radius 1 is 0.812 bits per heavy atom. The van der Waals surface area contributed by atoms with Crippen LogP contribution in [-0.2, 0) is 0 Å². The first kappa shape index (κ1) is 10.4. The van der Waals surface area contributed by atoms with Gasteiger partial charge < -0.3 is 0 Å². The molecule has 0 N–H and O–H groups in total. The van der Waals surface area contributed by atoms with E-state index in [0.717, 1.165) is 11.1 Å². The molecule has 0 aliphatic carbocycles. The molecule has 2 aromatic carbocycles. The summed E-state index contributed by atoms with van der Waals surface area (Å²) in [6.45, 7) is 4.05. The fourth-order valence-corrected chi connectivity index (χ4v) is 1.51. The van der Waals surface area contributed by atoms with Gasteiger partial charge in [-0.3, -0.25) is 0 Å². The van der Waals surface area contributed by atoms with Gasteiger partial charge in [-0.15, -0.1) is 0 Å². The highest BCUT2D eigenvalue weighted by molar-refractivity contribution is 5.77. The molecule has 0 aliphatic rings. The van der Waals surface area contributed by atoms with Crippen molar-refractivity contribution in [1.29, 1.82) is 0 Å². The second-order valence-electron chi connectivity index (χ2n) is 3.64. The minimum absolute atomic E-state index is 1.03. The van der Waals surface area contributed by atoms with E-state index in [1.54, 1.807) is 0 Å². The molecule has 0 spiro atoms. The molecule has 0 bridgehead atoms. The summed E-state index contributed by atoms with van der Waals surface area (Å²) in [5, 5.41) is 0. The van der Waals surface area contributed by atoms with Crippen LogP contribution in [0.15, 0.2) is 73.3 Å². The first-order valence-corrected chi connectivity index (χ1v) is 5.34. The molecule has 0 amide bonds. The summed E-state index contributed by atoms with van der Waals surface area (Å²) < 4.78 is 0. The zero-order chi connectivity index (χ0) is 11.2. The van der Waals surface area contributed by atoms with Gasteiger partial charge in [0.15, 0.2) is 0 Å². The lowest BCUT2D eigenvalue weighted by atomic mass is 10.1. The van der Waals surface area contributed by atoms with Crippen LogP contribution in [0.3, 0.4) is 0 Å². The molecule has 2 aromatic rings. The Bertz CT molecular complexity index is 478. The highest BCUT2D eigenvalue weighted by Crippen LogP contribution is 2.14. The van der Waals surface area contributed by atoms with Gasteiger partial charge in [-0.25, -0.2) is 0 Å². The SMILES string of the molecule is C=C(/C=C\c1ccccc1)c1ccccc1. The van der Waals surface area contributed by atoms with Gasteiger partial charge in [-0.1, -0.05) is 79.4 Å². The standard InChI is InChI=1S/C16H14/c1-14(16-10-6-3-7-11-16)12-13-15-8-4-2-5-9-15/h2-13H,1H2/b13-12-. The summed E-state index contributed by atoms with van der Waals surface area (Å²) in [4.78, 5) is 0. The van der Waals surface area contributed by atoms with Crippen LogP contribution >= 0.6 is 0 Å². The Kier molecular flexibility index (Phi) is 3.35. The van der Waals surface area contributed by atoms with Gasteiger partial charge in [0, 0.05) is 0 Å². The number of allylic oxidation sites excluding steroid dienone is 2. The average molecular weight is 206 g/mol. The second-order valence-corrected chi connectivity index (χ2v) is 3.64. The van der Waals surface area contributed by atoms with Crippen LogP contribution < -0.4 is 0 Å². The third-order valence-corrected chi connectivity index (χ3v) is 2.42. The van der Waals surface area contributed by atoms with Crippen molar-refractivity contribution < 1.29 is 0 Å². The quantitative estimate of drug-likeness (QED) is 0.652. The molecule has 0 aliphatic heterocycles. The molecule has 0 heterocycles. The molecule has 0 unspecified atom stereocenters. The zero-order valence-corrected chi connectivity index (χ0v) is 9.14. The maximum absolute atomic E-state index is 4.05. The lowest BCUT2D eigenvalue weighted by Crippen LogP contribution is -1.77. The molecule has 0 radical (unpaired) electrons. The van der Waals surface area contributed by atoms with Crippen molar-refractivity contribution in [3.8, 4) is 0 Å². The van der Waals surface area contributed by atoms with Gasteiger partial charge in [0.1, 0.15) is 0 Å². The second kappa shape index (κ2) is 5.13. The molecule has 2 rings (SSSR count). The van der Waals surface area contributed by atoms with Gasteiger partial charge in [-0.2, -0.15) is 0 Å². The number of benzene rings is 2. The van der Waals surface area contributed by atoms with E-state index in [4.69, 9.17) is 0 Å². The average Bonchev–Trinajstić information content (AvgIpc) is 2.38. The first-order chi connectivity index (χ1) is 7.86. The van der Waals surface area contributed by atoms with Gasteiger partial charge in [0.2, 0.25) is 0 Å². The summed E-state index contributed by atoms with van der Waals surface area (Å²) in [6.07, 6.45) is 4.12. The predicted octanol–water partition coefficient (Wildman–Crippen LogP) is 4.41. The highest BCUT2D eigenvalue weighted by atomic mass is 14.0. The van der Waals surface area contributed by atoms with E-state index in [2.05, 4.69) is 36.9 Å². The molecule has 0 heteroatoms. The van der Waals surface area contributed by atoms with Gasteiger partial charge in [-0.05, 0) is 16.7 Å². The highest BCUT2D eigenvalue weighted by Gasteiger charge is 1.92. The maximum atomic E-state index is 4.05. The summed E-state index contributed by atoms with van der Waals surface area (Å²) >= 11 is 0. The third-order valence-electron chi connectivity index (χ3n) is 2.42. The van der Waals surface area contributed by atoms with Crippen LogP contribution in [-0.4, -0.2) is 0 Å². The number of hydrogen-bond acceptors (Lipinski definition) is 0. The largest absolute Gasteiger partial charge is 0.0912 e. The van der Waals surface area contributed by atoms with Crippen molar-refractivity contribution in [3.05, 3.63) is 84.4 Å². The van der Waals surface area contributed by atoms with Crippen LogP contribution in [0.25, 0.3) is 11.6 Å². The molecule has 78 valence electrons. The van der Waals surface area contributed by atoms with Gasteiger partial charge in [0.25, 0.3) is 0 Å². The van der Waals surface area contributed by atoms with Crippen molar-refractivity contribution >= 4 is 11.6 Å². The molecule has 0 saturated heterocycles. The van der Waals surface area contributed by atoms with Crippen LogP contribution in [0.1, 0.15) is 11.1 Å². The van der Waals surface area contributed by atoms with E-state index in [1.807, 2.05) is 42.5 Å². The molecule has 0 saturated carbocycles. The van der Waals surface area contributed by atoms with Crippen molar-refractivity contribution in [1.82, 2.24) is 0 Å². The number of rotatable bonds is 3. The lowest BCUT2D eigenvalue weighted by Gasteiger charge is -1.99. The zero-order valence-electron chi connectivity index (χ0n) is 9.14. The fraction of sp³-hybridized carbons (Fsp3) is 0. The van der Waals surface area contributed by atoms with E-state index < -0.39 is 0 Å². The minimum Gasteiger partial charge on any atom is -0.0912 e. The van der Waals surface area contributed by atoms with Gasteiger partial charge in [0.05, 0.1) is 0 Å². The monoisotopic (exact) mass is 206 g/mol. The molecule has 16 heavy (non-hydrogen) atoms. The topological polar surface area (TPSA) is 0 Å². The van der Waals surface area contributed by atoms with Crippen LogP contribution in [0, 0.1) is 0 Å². The van der Waals surface area contributed by atoms with Crippen molar-refractivity contribution in [2.24, 2.45) is 0 Å². The van der Waals surface area contributed by atoms with E-state index in [0.29, 0.717) is 0 Å². The molecule has 0 fully saturated rings. The Morgan fingerprint density at radius 3 is 2.00 bits per heavy atom. The van der Waals surface area contributed by atoms with Gasteiger partial charge >= 0.3 is 0 Å². The lowest BCUT2D eigenvalue weighted by molar-refractivity contribution is 1.62. The van der Waals surface area contributed by atoms with Crippen LogP contribution in [0.2, 0.25) is 0 Å². The normalized spacial score (nSPS) is 10.5. The molecular weight excluding hydrogens is 192 g/mol. The number of hydrogen-bond donors (Lipinski definition) is 0. The van der Waals surface area contributed by atoms with E-state index in [-0.39, 0.29) is 0 Å². The van der Waals surface area contributed by atoms with Crippen molar-refractivity contribution in [3.63, 3.8) is 0 Å². The first-order valence-electron chi connectivity index (χ1n) is 5.34. The molecule has 0 atom stereocenters. The van der Waals surface area contributed by atoms with E-state index in [1.165, 1.54) is 5.56 Å². The predicted molar refractivity (Wildman–Crippen MR) is 71.0 cm³/mol. The maximum Gasteiger partial charge on any atom is -0.0190 e. The third kappa shape index (κ3) is 2.71. The fourth-order valence-electron chi connectivity index (χ4n) is 1.51. The molecular formula is C16H14. The summed E-state index contributed by atoms with van der Waals surface area (Å²) in [6, 6.07) is 20.4. The van der Waals surface area contributed by atoms with Crippen LogP contribution in [0.5, 0.6) is 0 Å². The van der Waals surface area contributed by atoms with E-state index in [9.17, 15) is 0 Å². The van der Waals surface area contributed by atoms with E-state index >= 15 is 0 Å². The molecule has 0 aromatic heterocycles. The van der Waals surface area contributed by atoms with Crippen molar-refractivity contribution in [2.45, 2.75) is 0 Å². The summed E-state index contributed by atoms with van der Waals surface area (Å²) in [7, 11) is 0. The Balaban J connectivity index is 2.12. The summed E-state index contributed by atoms with van der Waals surface area (Å²) in [5.74, 6) is 0. The minimum atomic E-state index is 1.03. The summed E-state index contributed by atoms with van der Waals surface area (Å²) in [5.41, 5.74) is 3.39. The van der Waals surface area contributed by atoms with Crippen molar-refractivity contribution in [2.75, 3.05) is 0 Å². The Hall–Kier alpha value is -2.08.